The van der Waals surface area contributed by atoms with Crippen LogP contribution in [0.2, 0.25) is 0 Å². The first kappa shape index (κ1) is 19.6. The normalized spacial score (nSPS) is 16.7. The Morgan fingerprint density at radius 1 is 1.10 bits per heavy atom. The number of nitrogens with zero attached hydrogens (tertiary/aromatic N) is 1. The lowest BCUT2D eigenvalue weighted by Crippen LogP contribution is -2.24. The van der Waals surface area contributed by atoms with Gasteiger partial charge < -0.3 is 14.4 Å². The van der Waals surface area contributed by atoms with E-state index in [1.165, 1.54) is 0 Å². The Labute approximate surface area is 184 Å². The van der Waals surface area contributed by atoms with Crippen LogP contribution in [0.15, 0.2) is 60.2 Å². The summed E-state index contributed by atoms with van der Waals surface area (Å²) in [5.74, 6) is 0.657. The van der Waals surface area contributed by atoms with Crippen LogP contribution in [0, 0.1) is 0 Å². The molecule has 0 spiro atoms. The number of cyclic esters (lactones) is 1. The van der Waals surface area contributed by atoms with Crippen LogP contribution in [0.5, 0.6) is 5.75 Å². The van der Waals surface area contributed by atoms with Gasteiger partial charge in [0.2, 0.25) is 5.91 Å². The monoisotopic (exact) mass is 431 g/mol. The quantitative estimate of drug-likeness (QED) is 0.425. The van der Waals surface area contributed by atoms with E-state index in [9.17, 15) is 9.59 Å². The lowest BCUT2D eigenvalue weighted by atomic mass is 10.1. The van der Waals surface area contributed by atoms with Crippen molar-refractivity contribution in [3.63, 3.8) is 0 Å². The van der Waals surface area contributed by atoms with Crippen molar-refractivity contribution in [2.24, 2.45) is 0 Å². The summed E-state index contributed by atoms with van der Waals surface area (Å²) >= 11 is 1.64. The fraction of sp³-hybridized carbons (Fsp3) is 0.200. The second-order valence-electron chi connectivity index (χ2n) is 7.64. The summed E-state index contributed by atoms with van der Waals surface area (Å²) in [7, 11) is 1.64. The minimum Gasteiger partial charge on any atom is -0.497 e. The molecule has 5 rings (SSSR count). The highest BCUT2D eigenvalue weighted by atomic mass is 32.1. The van der Waals surface area contributed by atoms with Gasteiger partial charge in [-0.3, -0.25) is 4.79 Å². The molecular weight excluding hydrogens is 410 g/mol. The third kappa shape index (κ3) is 3.86. The fourth-order valence-electron chi connectivity index (χ4n) is 3.95. The number of thiophene rings is 1. The number of rotatable bonds is 5. The van der Waals surface area contributed by atoms with Crippen LogP contribution in [0.25, 0.3) is 16.5 Å². The van der Waals surface area contributed by atoms with E-state index in [4.69, 9.17) is 9.47 Å². The van der Waals surface area contributed by atoms with E-state index in [1.54, 1.807) is 18.4 Å². The van der Waals surface area contributed by atoms with Crippen molar-refractivity contribution in [1.29, 1.82) is 0 Å². The molecule has 1 amide bonds. The van der Waals surface area contributed by atoms with E-state index in [0.29, 0.717) is 18.7 Å². The van der Waals surface area contributed by atoms with Crippen molar-refractivity contribution >= 4 is 29.3 Å². The van der Waals surface area contributed by atoms with Crippen molar-refractivity contribution < 1.29 is 19.1 Å². The van der Waals surface area contributed by atoms with E-state index >= 15 is 0 Å². The number of likely N-dealkylation sites (tertiary alicyclic amines) is 1. The largest absolute Gasteiger partial charge is 0.497 e. The zero-order chi connectivity index (χ0) is 21.4. The predicted molar refractivity (Wildman–Crippen MR) is 120 cm³/mol. The summed E-state index contributed by atoms with van der Waals surface area (Å²) in [6, 6.07) is 17.7. The Bertz CT molecular complexity index is 1190. The molecule has 3 aromatic rings. The molecule has 6 heteroatoms. The van der Waals surface area contributed by atoms with Crippen LogP contribution >= 0.6 is 11.3 Å². The summed E-state index contributed by atoms with van der Waals surface area (Å²) in [5.41, 5.74) is 4.57. The number of fused-ring (bicyclic) bond motifs is 1. The number of ether oxygens (including phenoxy) is 2. The van der Waals surface area contributed by atoms with Crippen LogP contribution in [-0.2, 0) is 22.7 Å². The number of hydrogen-bond acceptors (Lipinski definition) is 5. The van der Waals surface area contributed by atoms with Crippen molar-refractivity contribution in [3.8, 4) is 16.2 Å². The fourth-order valence-corrected chi connectivity index (χ4v) is 4.92. The number of benzene rings is 2. The summed E-state index contributed by atoms with van der Waals surface area (Å²) in [6.45, 7) is 1.67. The van der Waals surface area contributed by atoms with Crippen LogP contribution in [0.3, 0.4) is 0 Å². The van der Waals surface area contributed by atoms with E-state index in [1.807, 2.05) is 59.5 Å². The average molecular weight is 432 g/mol. The van der Waals surface area contributed by atoms with Crippen LogP contribution in [0.4, 0.5) is 0 Å². The minimum absolute atomic E-state index is 0.0963. The summed E-state index contributed by atoms with van der Waals surface area (Å²) in [4.78, 5) is 28.6. The van der Waals surface area contributed by atoms with Gasteiger partial charge >= 0.3 is 5.97 Å². The lowest BCUT2D eigenvalue weighted by molar-refractivity contribution is -0.125. The molecule has 1 saturated heterocycles. The molecule has 31 heavy (non-hydrogen) atoms. The highest BCUT2D eigenvalue weighted by molar-refractivity contribution is 7.16. The molecule has 0 N–H and O–H groups in total. The maximum atomic E-state index is 12.9. The molecule has 3 heterocycles. The predicted octanol–water partition coefficient (Wildman–Crippen LogP) is 4.91. The zero-order valence-electron chi connectivity index (χ0n) is 17.1. The molecular formula is C25H21NO4S. The minimum atomic E-state index is -0.253. The number of hydrogen-bond donors (Lipinski definition) is 0. The van der Waals surface area contributed by atoms with Gasteiger partial charge in [0.25, 0.3) is 0 Å². The Balaban J connectivity index is 1.30. The van der Waals surface area contributed by atoms with Crippen molar-refractivity contribution in [2.75, 3.05) is 13.7 Å². The maximum absolute atomic E-state index is 12.9. The van der Waals surface area contributed by atoms with E-state index in [2.05, 4.69) is 6.07 Å². The molecule has 2 aliphatic rings. The SMILES string of the molecule is COc1ccc(CN2CC/C(=C/c3ccc(-c4ccc5c(c4)COC5=O)s3)C2=O)cc1. The average Bonchev–Trinajstić information content (AvgIpc) is 3.50. The lowest BCUT2D eigenvalue weighted by Gasteiger charge is -2.15. The highest BCUT2D eigenvalue weighted by Gasteiger charge is 2.26. The molecule has 156 valence electrons. The van der Waals surface area contributed by atoms with E-state index < -0.39 is 0 Å². The molecule has 2 aliphatic heterocycles. The second kappa shape index (κ2) is 8.04. The summed E-state index contributed by atoms with van der Waals surface area (Å²) in [6.07, 6.45) is 2.76. The second-order valence-corrected chi connectivity index (χ2v) is 8.76. The Morgan fingerprint density at radius 2 is 1.94 bits per heavy atom. The molecule has 0 saturated carbocycles. The first-order chi connectivity index (χ1) is 15.1. The highest BCUT2D eigenvalue weighted by Crippen LogP contribution is 2.33. The number of carbonyl (C=O) groups is 2. The van der Waals surface area contributed by atoms with Crippen molar-refractivity contribution in [2.45, 2.75) is 19.6 Å². The Morgan fingerprint density at radius 3 is 2.74 bits per heavy atom. The van der Waals surface area contributed by atoms with Gasteiger partial charge in [-0.2, -0.15) is 0 Å². The molecule has 0 aliphatic carbocycles. The molecule has 5 nitrogen and oxygen atoms in total. The van der Waals surface area contributed by atoms with Crippen LogP contribution < -0.4 is 4.74 Å². The molecule has 0 radical (unpaired) electrons. The van der Waals surface area contributed by atoms with Crippen molar-refractivity contribution in [1.82, 2.24) is 4.90 Å². The summed E-state index contributed by atoms with van der Waals surface area (Å²) in [5, 5.41) is 0. The van der Waals surface area contributed by atoms with Gasteiger partial charge in [-0.25, -0.2) is 4.79 Å². The van der Waals surface area contributed by atoms with Gasteiger partial charge in [-0.05, 0) is 60.0 Å². The first-order valence-electron chi connectivity index (χ1n) is 10.1. The van der Waals surface area contributed by atoms with Gasteiger partial charge in [0.15, 0.2) is 0 Å². The number of amides is 1. The maximum Gasteiger partial charge on any atom is 0.338 e. The number of carbonyl (C=O) groups excluding carboxylic acids is 2. The molecule has 0 bridgehead atoms. The van der Waals surface area contributed by atoms with Crippen LogP contribution in [-0.4, -0.2) is 30.4 Å². The third-order valence-corrected chi connectivity index (χ3v) is 6.74. The zero-order valence-corrected chi connectivity index (χ0v) is 17.9. The molecule has 1 aromatic heterocycles. The molecule has 1 fully saturated rings. The topological polar surface area (TPSA) is 55.8 Å². The number of esters is 1. The third-order valence-electron chi connectivity index (χ3n) is 5.66. The van der Waals surface area contributed by atoms with Gasteiger partial charge in [0, 0.05) is 34.0 Å². The van der Waals surface area contributed by atoms with Crippen LogP contribution in [0.1, 0.15) is 32.8 Å². The first-order valence-corrected chi connectivity index (χ1v) is 11.0. The van der Waals surface area contributed by atoms with Gasteiger partial charge in [-0.15, -0.1) is 11.3 Å². The smallest absolute Gasteiger partial charge is 0.338 e. The van der Waals surface area contributed by atoms with Gasteiger partial charge in [0.1, 0.15) is 12.4 Å². The Hall–Kier alpha value is -3.38. The molecule has 2 aromatic carbocycles. The van der Waals surface area contributed by atoms with Crippen molar-refractivity contribution in [3.05, 3.63) is 81.7 Å². The molecule has 0 unspecified atom stereocenters. The summed E-state index contributed by atoms with van der Waals surface area (Å²) < 4.78 is 10.3. The van der Waals surface area contributed by atoms with Gasteiger partial charge in [-0.1, -0.05) is 18.2 Å². The number of methoxy groups -OCH3 is 1. The van der Waals surface area contributed by atoms with E-state index in [-0.39, 0.29) is 11.9 Å². The standard InChI is InChI=1S/C25H21NO4S/c1-29-20-5-2-16(3-6-20)14-26-11-10-18(24(26)27)13-21-7-9-23(31-21)17-4-8-22-19(12-17)15-30-25(22)28/h2-9,12-13H,10-11,14-15H2,1H3/b18-13-. The molecule has 0 atom stereocenters. The van der Waals surface area contributed by atoms with Gasteiger partial charge in [0.05, 0.1) is 12.7 Å². The van der Waals surface area contributed by atoms with E-state index in [0.717, 1.165) is 50.7 Å². The Kier molecular flexibility index (Phi) is 5.08.